The van der Waals surface area contributed by atoms with E-state index in [-0.39, 0.29) is 18.2 Å². The normalized spacial score (nSPS) is 16.5. The number of aromatic amines is 1. The summed E-state index contributed by atoms with van der Waals surface area (Å²) in [5.41, 5.74) is 4.93. The fourth-order valence-corrected chi connectivity index (χ4v) is 3.90. The predicted octanol–water partition coefficient (Wildman–Crippen LogP) is 4.47. The maximum absolute atomic E-state index is 13.0. The standard InChI is InChI=1S/C21H23FN2O.ClH/c1-24(11-10-14-2-4-15(22)5-3-14)16-6-8-20-18(12-16)19-13-17(25)7-9-21(19)23-20;/h2-5,7,9,13,16,23,25H,6,8,10-12H2,1H3;1H. The molecule has 1 aliphatic carbocycles. The molecule has 0 bridgehead atoms. The number of nitrogens with one attached hydrogen (secondary N) is 1. The molecule has 1 unspecified atom stereocenters. The summed E-state index contributed by atoms with van der Waals surface area (Å²) in [5.74, 6) is 0.139. The molecule has 2 aromatic carbocycles. The number of aryl methyl sites for hydroxylation is 1. The monoisotopic (exact) mass is 374 g/mol. The summed E-state index contributed by atoms with van der Waals surface area (Å²) < 4.78 is 13.0. The number of nitrogens with zero attached hydrogens (tertiary/aromatic N) is 1. The Labute approximate surface area is 159 Å². The fourth-order valence-electron chi connectivity index (χ4n) is 3.90. The number of likely N-dealkylation sites (N-methyl/N-ethyl adjacent to an activating group) is 1. The van der Waals surface area contributed by atoms with Crippen LogP contribution in [-0.4, -0.2) is 34.6 Å². The summed E-state index contributed by atoms with van der Waals surface area (Å²) in [6.45, 7) is 0.958. The van der Waals surface area contributed by atoms with Crippen molar-refractivity contribution in [2.45, 2.75) is 31.7 Å². The Balaban J connectivity index is 0.00000196. The second kappa shape index (κ2) is 7.68. The molecule has 0 spiro atoms. The Kier molecular flexibility index (Phi) is 5.54. The van der Waals surface area contributed by atoms with Gasteiger partial charge in [0, 0.05) is 29.2 Å². The number of hydrogen-bond acceptors (Lipinski definition) is 2. The van der Waals surface area contributed by atoms with Gasteiger partial charge in [0.2, 0.25) is 0 Å². The van der Waals surface area contributed by atoms with Gasteiger partial charge < -0.3 is 15.0 Å². The highest BCUT2D eigenvalue weighted by Crippen LogP contribution is 2.32. The third-order valence-corrected chi connectivity index (χ3v) is 5.44. The first-order valence-corrected chi connectivity index (χ1v) is 8.87. The van der Waals surface area contributed by atoms with Crippen molar-refractivity contribution in [1.29, 1.82) is 0 Å². The van der Waals surface area contributed by atoms with Gasteiger partial charge in [0.05, 0.1) is 0 Å². The molecule has 1 aliphatic rings. The van der Waals surface area contributed by atoms with Gasteiger partial charge in [-0.2, -0.15) is 0 Å². The fraction of sp³-hybridized carbons (Fsp3) is 0.333. The molecule has 0 aliphatic heterocycles. The molecule has 4 rings (SSSR count). The minimum Gasteiger partial charge on any atom is -0.508 e. The lowest BCUT2D eigenvalue weighted by molar-refractivity contribution is 0.224. The second-order valence-corrected chi connectivity index (χ2v) is 7.07. The van der Waals surface area contributed by atoms with Gasteiger partial charge >= 0.3 is 0 Å². The van der Waals surface area contributed by atoms with Gasteiger partial charge in [-0.15, -0.1) is 12.4 Å². The van der Waals surface area contributed by atoms with E-state index in [0.29, 0.717) is 11.8 Å². The summed E-state index contributed by atoms with van der Waals surface area (Å²) in [6, 6.07) is 12.8. The zero-order valence-corrected chi connectivity index (χ0v) is 15.7. The average Bonchev–Trinajstić information content (AvgIpc) is 2.98. The molecule has 3 aromatic rings. The lowest BCUT2D eigenvalue weighted by atomic mass is 9.90. The molecule has 2 N–H and O–H groups in total. The quantitative estimate of drug-likeness (QED) is 0.707. The first-order chi connectivity index (χ1) is 12.1. The van der Waals surface area contributed by atoms with E-state index >= 15 is 0 Å². The van der Waals surface area contributed by atoms with E-state index < -0.39 is 0 Å². The Morgan fingerprint density at radius 1 is 1.19 bits per heavy atom. The van der Waals surface area contributed by atoms with Crippen molar-refractivity contribution in [1.82, 2.24) is 9.88 Å². The van der Waals surface area contributed by atoms with E-state index in [0.717, 1.165) is 43.1 Å². The van der Waals surface area contributed by atoms with E-state index in [1.165, 1.54) is 29.0 Å². The molecule has 138 valence electrons. The average molecular weight is 375 g/mol. The van der Waals surface area contributed by atoms with E-state index in [4.69, 9.17) is 0 Å². The number of phenolic OH excluding ortho intramolecular Hbond substituents is 1. The zero-order valence-electron chi connectivity index (χ0n) is 14.8. The molecular formula is C21H24ClFN2O. The first kappa shape index (κ1) is 18.7. The smallest absolute Gasteiger partial charge is 0.123 e. The van der Waals surface area contributed by atoms with Crippen LogP contribution in [0.3, 0.4) is 0 Å². The van der Waals surface area contributed by atoms with Gasteiger partial charge in [-0.3, -0.25) is 0 Å². The Morgan fingerprint density at radius 3 is 2.73 bits per heavy atom. The minimum absolute atomic E-state index is 0. The van der Waals surface area contributed by atoms with Gasteiger partial charge in [0.15, 0.2) is 0 Å². The highest BCUT2D eigenvalue weighted by molar-refractivity contribution is 5.86. The van der Waals surface area contributed by atoms with E-state index in [1.807, 2.05) is 24.3 Å². The van der Waals surface area contributed by atoms with E-state index in [9.17, 15) is 9.50 Å². The van der Waals surface area contributed by atoms with Crippen molar-refractivity contribution in [3.05, 3.63) is 65.1 Å². The van der Waals surface area contributed by atoms with Gasteiger partial charge in [0.25, 0.3) is 0 Å². The van der Waals surface area contributed by atoms with Gasteiger partial charge in [-0.05, 0) is 74.2 Å². The van der Waals surface area contributed by atoms with Crippen LogP contribution >= 0.6 is 12.4 Å². The molecule has 1 atom stereocenters. The second-order valence-electron chi connectivity index (χ2n) is 7.07. The van der Waals surface area contributed by atoms with Crippen molar-refractivity contribution in [3.63, 3.8) is 0 Å². The molecule has 0 fully saturated rings. The maximum Gasteiger partial charge on any atom is 0.123 e. The van der Waals surface area contributed by atoms with Gasteiger partial charge in [-0.1, -0.05) is 12.1 Å². The molecule has 26 heavy (non-hydrogen) atoms. The number of hydrogen-bond donors (Lipinski definition) is 2. The summed E-state index contributed by atoms with van der Waals surface area (Å²) in [5, 5.41) is 10.9. The van der Waals surface area contributed by atoms with Crippen molar-refractivity contribution in [2.75, 3.05) is 13.6 Å². The number of phenols is 1. The molecule has 5 heteroatoms. The summed E-state index contributed by atoms with van der Waals surface area (Å²) >= 11 is 0. The number of aromatic nitrogens is 1. The van der Waals surface area contributed by atoms with Crippen molar-refractivity contribution in [2.24, 2.45) is 0 Å². The Morgan fingerprint density at radius 2 is 1.96 bits per heavy atom. The number of H-pyrrole nitrogens is 1. The predicted molar refractivity (Wildman–Crippen MR) is 106 cm³/mol. The van der Waals surface area contributed by atoms with Gasteiger partial charge in [-0.25, -0.2) is 4.39 Å². The molecule has 0 amide bonds. The third kappa shape index (κ3) is 3.71. The third-order valence-electron chi connectivity index (χ3n) is 5.44. The number of benzene rings is 2. The zero-order chi connectivity index (χ0) is 17.4. The van der Waals surface area contributed by atoms with Crippen LogP contribution in [0.5, 0.6) is 5.75 Å². The molecule has 1 heterocycles. The van der Waals surface area contributed by atoms with E-state index in [1.54, 1.807) is 6.07 Å². The van der Waals surface area contributed by atoms with Crippen molar-refractivity contribution < 1.29 is 9.50 Å². The van der Waals surface area contributed by atoms with Crippen LogP contribution in [0.15, 0.2) is 42.5 Å². The number of rotatable bonds is 4. The van der Waals surface area contributed by atoms with E-state index in [2.05, 4.69) is 16.9 Å². The minimum atomic E-state index is -0.181. The molecule has 3 nitrogen and oxygen atoms in total. The highest BCUT2D eigenvalue weighted by Gasteiger charge is 2.25. The van der Waals surface area contributed by atoms with Crippen LogP contribution in [0.2, 0.25) is 0 Å². The number of halogens is 2. The molecule has 1 aromatic heterocycles. The van der Waals surface area contributed by atoms with Crippen LogP contribution in [0.1, 0.15) is 23.2 Å². The maximum atomic E-state index is 13.0. The summed E-state index contributed by atoms with van der Waals surface area (Å²) in [7, 11) is 2.17. The highest BCUT2D eigenvalue weighted by atomic mass is 35.5. The van der Waals surface area contributed by atoms with Crippen LogP contribution in [0.4, 0.5) is 4.39 Å². The SMILES string of the molecule is CN(CCc1ccc(F)cc1)C1CCc2[nH]c3ccc(O)cc3c2C1.Cl. The van der Waals surface area contributed by atoms with Crippen molar-refractivity contribution >= 4 is 23.3 Å². The summed E-state index contributed by atoms with van der Waals surface area (Å²) in [6.07, 6.45) is 4.09. The number of fused-ring (bicyclic) bond motifs is 3. The van der Waals surface area contributed by atoms with Crippen LogP contribution in [-0.2, 0) is 19.3 Å². The van der Waals surface area contributed by atoms with Crippen LogP contribution in [0, 0.1) is 5.82 Å². The lowest BCUT2D eigenvalue weighted by Crippen LogP contribution is -2.37. The number of aromatic hydroxyl groups is 1. The van der Waals surface area contributed by atoms with Crippen LogP contribution in [0.25, 0.3) is 10.9 Å². The molecule has 0 saturated carbocycles. The molecule has 0 radical (unpaired) electrons. The Bertz CT molecular complexity index is 891. The topological polar surface area (TPSA) is 39.3 Å². The van der Waals surface area contributed by atoms with Gasteiger partial charge in [0.1, 0.15) is 11.6 Å². The Hall–Kier alpha value is -2.04. The lowest BCUT2D eigenvalue weighted by Gasteiger charge is -2.31. The first-order valence-electron chi connectivity index (χ1n) is 8.87. The molecular weight excluding hydrogens is 351 g/mol. The van der Waals surface area contributed by atoms with Crippen LogP contribution < -0.4 is 0 Å². The molecule has 0 saturated heterocycles. The largest absolute Gasteiger partial charge is 0.508 e. The summed E-state index contributed by atoms with van der Waals surface area (Å²) in [4.78, 5) is 5.91. The van der Waals surface area contributed by atoms with Crippen molar-refractivity contribution in [3.8, 4) is 5.75 Å².